The number of rotatable bonds is 7. The van der Waals surface area contributed by atoms with Gasteiger partial charge >= 0.3 is 0 Å². The van der Waals surface area contributed by atoms with E-state index < -0.39 is 0 Å². The number of benzene rings is 2. The van der Waals surface area contributed by atoms with E-state index in [1.54, 1.807) is 0 Å². The highest BCUT2D eigenvalue weighted by Crippen LogP contribution is 2.31. The second kappa shape index (κ2) is 8.37. The fourth-order valence-electron chi connectivity index (χ4n) is 2.90. The van der Waals surface area contributed by atoms with E-state index in [2.05, 4.69) is 35.2 Å². The fraction of sp³-hybridized carbons (Fsp3) is 0.350. The van der Waals surface area contributed by atoms with Crippen LogP contribution in [0.3, 0.4) is 0 Å². The first-order valence-corrected chi connectivity index (χ1v) is 8.37. The zero-order chi connectivity index (χ0) is 16.6. The first kappa shape index (κ1) is 16.4. The van der Waals surface area contributed by atoms with Crippen LogP contribution in [0.5, 0.6) is 11.5 Å². The maximum absolute atomic E-state index is 8.79. The third-order valence-corrected chi connectivity index (χ3v) is 4.04. The van der Waals surface area contributed by atoms with Crippen molar-refractivity contribution in [2.24, 2.45) is 0 Å². The highest BCUT2D eigenvalue weighted by Gasteiger charge is 2.23. The largest absolute Gasteiger partial charge is 0.486 e. The number of hydrogen-bond acceptors (Lipinski definition) is 4. The Hall–Kier alpha value is -2.51. The molecule has 0 saturated carbocycles. The maximum atomic E-state index is 8.79. The Labute approximate surface area is 143 Å². The van der Waals surface area contributed by atoms with Gasteiger partial charge in [-0.1, -0.05) is 42.5 Å². The predicted molar refractivity (Wildman–Crippen MR) is 92.9 cm³/mol. The van der Waals surface area contributed by atoms with E-state index in [0.717, 1.165) is 37.6 Å². The van der Waals surface area contributed by atoms with E-state index in [-0.39, 0.29) is 6.10 Å². The van der Waals surface area contributed by atoms with Crippen LogP contribution < -0.4 is 9.47 Å². The van der Waals surface area contributed by atoms with Gasteiger partial charge < -0.3 is 9.47 Å². The number of fused-ring (bicyclic) bond motifs is 1. The topological polar surface area (TPSA) is 45.5 Å². The maximum Gasteiger partial charge on any atom is 0.161 e. The number of unbranched alkanes of at least 4 members (excludes halogenated alkanes) is 1. The quantitative estimate of drug-likeness (QED) is 0.730. The summed E-state index contributed by atoms with van der Waals surface area (Å²) >= 11 is 0. The molecular weight excluding hydrogens is 300 g/mol. The van der Waals surface area contributed by atoms with Gasteiger partial charge in [-0.25, -0.2) is 0 Å². The van der Waals surface area contributed by atoms with Crippen LogP contribution in [0.4, 0.5) is 0 Å². The van der Waals surface area contributed by atoms with Gasteiger partial charge in [-0.15, -0.1) is 0 Å². The number of hydrogen-bond donors (Lipinski definition) is 0. The summed E-state index contributed by atoms with van der Waals surface area (Å²) in [4.78, 5) is 2.34. The molecule has 24 heavy (non-hydrogen) atoms. The summed E-state index contributed by atoms with van der Waals surface area (Å²) in [5, 5.41) is 8.79. The Kier molecular flexibility index (Phi) is 5.70. The van der Waals surface area contributed by atoms with Gasteiger partial charge in [0, 0.05) is 19.5 Å². The van der Waals surface area contributed by atoms with E-state index in [1.807, 2.05) is 30.3 Å². The summed E-state index contributed by atoms with van der Waals surface area (Å²) < 4.78 is 11.9. The number of ether oxygens (including phenoxy) is 2. The van der Waals surface area contributed by atoms with Crippen LogP contribution in [0, 0.1) is 11.3 Å². The number of para-hydroxylation sites is 2. The van der Waals surface area contributed by atoms with Crippen molar-refractivity contribution in [2.75, 3.05) is 19.7 Å². The second-order valence-corrected chi connectivity index (χ2v) is 5.98. The highest BCUT2D eigenvalue weighted by atomic mass is 16.6. The van der Waals surface area contributed by atoms with Crippen LogP contribution in [0.15, 0.2) is 54.6 Å². The molecule has 2 aromatic carbocycles. The Bertz CT molecular complexity index is 682. The zero-order valence-electron chi connectivity index (χ0n) is 13.7. The van der Waals surface area contributed by atoms with Crippen LogP contribution in [-0.4, -0.2) is 30.7 Å². The summed E-state index contributed by atoms with van der Waals surface area (Å²) in [5.74, 6) is 1.62. The Balaban J connectivity index is 1.62. The highest BCUT2D eigenvalue weighted by molar-refractivity contribution is 5.40. The van der Waals surface area contributed by atoms with Gasteiger partial charge in [-0.2, -0.15) is 5.26 Å². The molecule has 124 valence electrons. The van der Waals surface area contributed by atoms with Crippen molar-refractivity contribution in [3.63, 3.8) is 0 Å². The van der Waals surface area contributed by atoms with Gasteiger partial charge in [0.05, 0.1) is 6.07 Å². The third-order valence-electron chi connectivity index (χ3n) is 4.04. The molecule has 1 heterocycles. The molecule has 0 fully saturated rings. The molecule has 3 rings (SSSR count). The van der Waals surface area contributed by atoms with Crippen LogP contribution >= 0.6 is 0 Å². The van der Waals surface area contributed by atoms with E-state index in [0.29, 0.717) is 13.0 Å². The van der Waals surface area contributed by atoms with Crippen molar-refractivity contribution in [2.45, 2.75) is 25.5 Å². The predicted octanol–water partition coefficient (Wildman–Crippen LogP) is 3.63. The van der Waals surface area contributed by atoms with Crippen molar-refractivity contribution in [3.8, 4) is 17.6 Å². The molecule has 0 amide bonds. The standard InChI is InChI=1S/C20H22N2O2/c21-12-6-7-13-22(14-17-8-2-1-3-9-17)15-18-16-23-19-10-4-5-11-20(19)24-18/h1-5,8-11,18H,6-7,13-16H2. The molecule has 0 spiro atoms. The average molecular weight is 322 g/mol. The first-order valence-electron chi connectivity index (χ1n) is 8.37. The molecule has 1 aliphatic heterocycles. The average Bonchev–Trinajstić information content (AvgIpc) is 2.62. The van der Waals surface area contributed by atoms with Gasteiger partial charge in [0.15, 0.2) is 11.5 Å². The molecular formula is C20H22N2O2. The molecule has 4 nitrogen and oxygen atoms in total. The van der Waals surface area contributed by atoms with Gasteiger partial charge in [0.1, 0.15) is 12.7 Å². The number of nitriles is 1. The van der Waals surface area contributed by atoms with Crippen molar-refractivity contribution in [3.05, 3.63) is 60.2 Å². The minimum atomic E-state index is 0.00528. The lowest BCUT2D eigenvalue weighted by atomic mass is 10.2. The van der Waals surface area contributed by atoms with Gasteiger partial charge in [-0.05, 0) is 30.7 Å². The molecule has 1 atom stereocenters. The molecule has 0 bridgehead atoms. The van der Waals surface area contributed by atoms with E-state index in [9.17, 15) is 0 Å². The lowest BCUT2D eigenvalue weighted by molar-refractivity contribution is 0.0562. The van der Waals surface area contributed by atoms with Crippen LogP contribution in [-0.2, 0) is 6.54 Å². The second-order valence-electron chi connectivity index (χ2n) is 5.98. The van der Waals surface area contributed by atoms with E-state index in [1.165, 1.54) is 5.56 Å². The molecule has 0 N–H and O–H groups in total. The fourth-order valence-corrected chi connectivity index (χ4v) is 2.90. The molecule has 1 aliphatic rings. The molecule has 2 aromatic rings. The summed E-state index contributed by atoms with van der Waals surface area (Å²) in [6.45, 7) is 3.08. The van der Waals surface area contributed by atoms with E-state index in [4.69, 9.17) is 14.7 Å². The lowest BCUT2D eigenvalue weighted by Gasteiger charge is -2.31. The van der Waals surface area contributed by atoms with Crippen LogP contribution in [0.2, 0.25) is 0 Å². The van der Waals surface area contributed by atoms with Crippen LogP contribution in [0.25, 0.3) is 0 Å². The van der Waals surface area contributed by atoms with Gasteiger partial charge in [-0.3, -0.25) is 4.90 Å². The molecule has 4 heteroatoms. The minimum absolute atomic E-state index is 0.00528. The molecule has 0 aliphatic carbocycles. The Morgan fingerprint density at radius 1 is 1.04 bits per heavy atom. The smallest absolute Gasteiger partial charge is 0.161 e. The molecule has 0 aromatic heterocycles. The summed E-state index contributed by atoms with van der Waals surface area (Å²) in [7, 11) is 0. The Morgan fingerprint density at radius 2 is 1.79 bits per heavy atom. The Morgan fingerprint density at radius 3 is 2.58 bits per heavy atom. The normalized spacial score (nSPS) is 15.9. The van der Waals surface area contributed by atoms with Crippen molar-refractivity contribution < 1.29 is 9.47 Å². The minimum Gasteiger partial charge on any atom is -0.486 e. The summed E-state index contributed by atoms with van der Waals surface area (Å²) in [6.07, 6.45) is 1.45. The van der Waals surface area contributed by atoms with Crippen molar-refractivity contribution in [1.29, 1.82) is 5.26 Å². The third kappa shape index (κ3) is 4.50. The summed E-state index contributed by atoms with van der Waals surface area (Å²) in [5.41, 5.74) is 1.27. The van der Waals surface area contributed by atoms with Crippen molar-refractivity contribution >= 4 is 0 Å². The monoisotopic (exact) mass is 322 g/mol. The molecule has 0 radical (unpaired) electrons. The van der Waals surface area contributed by atoms with Crippen molar-refractivity contribution in [1.82, 2.24) is 4.90 Å². The van der Waals surface area contributed by atoms with E-state index >= 15 is 0 Å². The first-order chi connectivity index (χ1) is 11.8. The molecule has 1 unspecified atom stereocenters. The lowest BCUT2D eigenvalue weighted by Crippen LogP contribution is -2.41. The van der Waals surface area contributed by atoms with Gasteiger partial charge in [0.25, 0.3) is 0 Å². The number of nitrogens with zero attached hydrogens (tertiary/aromatic N) is 2. The van der Waals surface area contributed by atoms with Gasteiger partial charge in [0.2, 0.25) is 0 Å². The van der Waals surface area contributed by atoms with Crippen LogP contribution in [0.1, 0.15) is 18.4 Å². The SMILES string of the molecule is N#CCCCN(Cc1ccccc1)CC1COc2ccccc2O1. The summed E-state index contributed by atoms with van der Waals surface area (Å²) in [6, 6.07) is 20.4. The zero-order valence-corrected chi connectivity index (χ0v) is 13.7. The molecule has 0 saturated heterocycles.